The molecule has 1 saturated heterocycles. The van der Waals surface area contributed by atoms with Crippen LogP contribution in [0.15, 0.2) is 18.2 Å². The summed E-state index contributed by atoms with van der Waals surface area (Å²) in [4.78, 5) is 0. The maximum atomic E-state index is 13.7. The summed E-state index contributed by atoms with van der Waals surface area (Å²) in [7, 11) is -3.72. The van der Waals surface area contributed by atoms with Gasteiger partial charge >= 0.3 is 0 Å². The molecule has 1 aromatic carbocycles. The fraction of sp³-hybridized carbons (Fsp3) is 0.571. The second-order valence-electron chi connectivity index (χ2n) is 5.68. The molecule has 22 heavy (non-hydrogen) atoms. The van der Waals surface area contributed by atoms with Crippen LogP contribution in [0.4, 0.5) is 8.78 Å². The Bertz CT molecular complexity index is 629. The van der Waals surface area contributed by atoms with Crippen molar-refractivity contribution in [3.05, 3.63) is 35.4 Å². The molecule has 8 heteroatoms. The molecule has 124 valence electrons. The van der Waals surface area contributed by atoms with E-state index in [0.29, 0.717) is 19.2 Å². The molecule has 0 aromatic heterocycles. The molecule has 2 N–H and O–H groups in total. The standard InChI is InChI=1S/C14H20F2N2O3S/c1-14(19,12-6-5-11(15)9-13(12)16)10-17-22(20,21)18-7-3-2-4-8-18/h5-6,9,17,19H,2-4,7-8,10H2,1H3. The first kappa shape index (κ1) is 17.3. The molecular formula is C14H20F2N2O3S. The highest BCUT2D eigenvalue weighted by Gasteiger charge is 2.31. The second kappa shape index (κ2) is 6.57. The van der Waals surface area contributed by atoms with Gasteiger partial charge in [0, 0.05) is 31.3 Å². The topological polar surface area (TPSA) is 69.6 Å². The summed E-state index contributed by atoms with van der Waals surface area (Å²) in [5, 5.41) is 10.3. The van der Waals surface area contributed by atoms with Crippen LogP contribution in [0, 0.1) is 11.6 Å². The number of halogens is 2. The van der Waals surface area contributed by atoms with Crippen molar-refractivity contribution in [3.63, 3.8) is 0 Å². The van der Waals surface area contributed by atoms with Crippen molar-refractivity contribution < 1.29 is 22.3 Å². The summed E-state index contributed by atoms with van der Waals surface area (Å²) in [6, 6.07) is 2.79. The van der Waals surface area contributed by atoms with Gasteiger partial charge in [0.05, 0.1) is 0 Å². The molecule has 2 rings (SSSR count). The van der Waals surface area contributed by atoms with Crippen molar-refractivity contribution in [2.45, 2.75) is 31.8 Å². The Morgan fingerprint density at radius 2 is 1.91 bits per heavy atom. The van der Waals surface area contributed by atoms with E-state index in [2.05, 4.69) is 4.72 Å². The Morgan fingerprint density at radius 1 is 1.27 bits per heavy atom. The molecule has 0 aliphatic carbocycles. The molecule has 1 aromatic rings. The third kappa shape index (κ3) is 4.01. The van der Waals surface area contributed by atoms with Crippen LogP contribution in [0.25, 0.3) is 0 Å². The van der Waals surface area contributed by atoms with E-state index >= 15 is 0 Å². The Morgan fingerprint density at radius 3 is 2.50 bits per heavy atom. The summed E-state index contributed by atoms with van der Waals surface area (Å²) < 4.78 is 54.6. The highest BCUT2D eigenvalue weighted by atomic mass is 32.2. The lowest BCUT2D eigenvalue weighted by Gasteiger charge is -2.29. The Balaban J connectivity index is 2.08. The van der Waals surface area contributed by atoms with E-state index in [1.54, 1.807) is 0 Å². The van der Waals surface area contributed by atoms with Gasteiger partial charge in [0.1, 0.15) is 17.2 Å². The van der Waals surface area contributed by atoms with Crippen molar-refractivity contribution in [1.82, 2.24) is 9.03 Å². The molecule has 0 saturated carbocycles. The first-order valence-electron chi connectivity index (χ1n) is 7.15. The molecule has 1 aliphatic rings. The van der Waals surface area contributed by atoms with Crippen molar-refractivity contribution >= 4 is 10.2 Å². The van der Waals surface area contributed by atoms with Gasteiger partial charge in [0.15, 0.2) is 0 Å². The number of benzene rings is 1. The predicted octanol–water partition coefficient (Wildman–Crippen LogP) is 1.49. The Hall–Kier alpha value is -1.09. The Kier molecular flexibility index (Phi) is 5.16. The van der Waals surface area contributed by atoms with Gasteiger partial charge in [-0.15, -0.1) is 0 Å². The van der Waals surface area contributed by atoms with Crippen LogP contribution >= 0.6 is 0 Å². The van der Waals surface area contributed by atoms with Crippen LogP contribution in [0.3, 0.4) is 0 Å². The van der Waals surface area contributed by atoms with Gasteiger partial charge in [-0.3, -0.25) is 0 Å². The number of nitrogens with zero attached hydrogens (tertiary/aromatic N) is 1. The van der Waals surface area contributed by atoms with E-state index in [1.807, 2.05) is 0 Å². The molecule has 0 radical (unpaired) electrons. The summed E-state index contributed by atoms with van der Waals surface area (Å²) in [6.45, 7) is 1.75. The van der Waals surface area contributed by atoms with E-state index < -0.39 is 34.0 Å². The van der Waals surface area contributed by atoms with Crippen LogP contribution in [0.1, 0.15) is 31.7 Å². The summed E-state index contributed by atoms with van der Waals surface area (Å²) in [5.41, 5.74) is -1.93. The van der Waals surface area contributed by atoms with Crippen molar-refractivity contribution in [2.75, 3.05) is 19.6 Å². The number of hydrogen-bond donors (Lipinski definition) is 2. The van der Waals surface area contributed by atoms with Crippen LogP contribution in [-0.2, 0) is 15.8 Å². The fourth-order valence-electron chi connectivity index (χ4n) is 2.45. The minimum Gasteiger partial charge on any atom is -0.384 e. The van der Waals surface area contributed by atoms with Gasteiger partial charge < -0.3 is 5.11 Å². The van der Waals surface area contributed by atoms with Gasteiger partial charge in [-0.25, -0.2) is 8.78 Å². The van der Waals surface area contributed by atoms with Gasteiger partial charge in [-0.2, -0.15) is 17.4 Å². The zero-order chi connectivity index (χ0) is 16.4. The lowest BCUT2D eigenvalue weighted by atomic mass is 9.96. The second-order valence-corrected chi connectivity index (χ2v) is 7.44. The molecule has 0 bridgehead atoms. The number of nitrogens with one attached hydrogen (secondary N) is 1. The third-order valence-electron chi connectivity index (χ3n) is 3.77. The summed E-state index contributed by atoms with van der Waals surface area (Å²) >= 11 is 0. The van der Waals surface area contributed by atoms with Crippen LogP contribution in [0.5, 0.6) is 0 Å². The van der Waals surface area contributed by atoms with Crippen molar-refractivity contribution in [1.29, 1.82) is 0 Å². The SMILES string of the molecule is CC(O)(CNS(=O)(=O)N1CCCCC1)c1ccc(F)cc1F. The number of aliphatic hydroxyl groups is 1. The van der Waals surface area contributed by atoms with Gasteiger partial charge in [0.25, 0.3) is 10.2 Å². The molecule has 1 aliphatic heterocycles. The number of rotatable bonds is 5. The summed E-state index contributed by atoms with van der Waals surface area (Å²) in [6.07, 6.45) is 2.58. The van der Waals surface area contributed by atoms with E-state index in [-0.39, 0.29) is 5.56 Å². The Labute approximate surface area is 129 Å². The molecule has 0 amide bonds. The van der Waals surface area contributed by atoms with Crippen LogP contribution < -0.4 is 4.72 Å². The first-order chi connectivity index (χ1) is 10.2. The normalized spacial score (nSPS) is 19.8. The quantitative estimate of drug-likeness (QED) is 0.857. The van der Waals surface area contributed by atoms with Gasteiger partial charge in [-0.05, 0) is 25.8 Å². The molecular weight excluding hydrogens is 314 g/mol. The third-order valence-corrected chi connectivity index (χ3v) is 5.32. The lowest BCUT2D eigenvalue weighted by Crippen LogP contribution is -2.47. The molecule has 1 atom stereocenters. The maximum absolute atomic E-state index is 13.7. The predicted molar refractivity (Wildman–Crippen MR) is 78.3 cm³/mol. The van der Waals surface area contributed by atoms with E-state index in [1.165, 1.54) is 11.2 Å². The molecule has 1 unspecified atom stereocenters. The number of piperidine rings is 1. The minimum atomic E-state index is -3.72. The average molecular weight is 334 g/mol. The minimum absolute atomic E-state index is 0.157. The maximum Gasteiger partial charge on any atom is 0.279 e. The van der Waals surface area contributed by atoms with E-state index in [9.17, 15) is 22.3 Å². The first-order valence-corrected chi connectivity index (χ1v) is 8.59. The highest BCUT2D eigenvalue weighted by molar-refractivity contribution is 7.87. The van der Waals surface area contributed by atoms with Crippen molar-refractivity contribution in [2.24, 2.45) is 0 Å². The zero-order valence-corrected chi connectivity index (χ0v) is 13.2. The molecule has 1 heterocycles. The monoisotopic (exact) mass is 334 g/mol. The average Bonchev–Trinajstić information content (AvgIpc) is 2.46. The van der Waals surface area contributed by atoms with Gasteiger partial charge in [-0.1, -0.05) is 12.5 Å². The molecule has 0 spiro atoms. The largest absolute Gasteiger partial charge is 0.384 e. The van der Waals surface area contributed by atoms with E-state index in [4.69, 9.17) is 0 Å². The van der Waals surface area contributed by atoms with Gasteiger partial charge in [0.2, 0.25) is 0 Å². The zero-order valence-electron chi connectivity index (χ0n) is 12.3. The van der Waals surface area contributed by atoms with E-state index in [0.717, 1.165) is 31.4 Å². The van der Waals surface area contributed by atoms with Crippen LogP contribution in [0.2, 0.25) is 0 Å². The highest BCUT2D eigenvalue weighted by Crippen LogP contribution is 2.24. The molecule has 1 fully saturated rings. The smallest absolute Gasteiger partial charge is 0.279 e. The van der Waals surface area contributed by atoms with Crippen LogP contribution in [-0.4, -0.2) is 37.5 Å². The lowest BCUT2D eigenvalue weighted by molar-refractivity contribution is 0.0582. The molecule has 5 nitrogen and oxygen atoms in total. The number of hydrogen-bond acceptors (Lipinski definition) is 3. The fourth-order valence-corrected chi connectivity index (χ4v) is 3.83. The summed E-state index contributed by atoms with van der Waals surface area (Å²) in [5.74, 6) is -1.67. The van der Waals surface area contributed by atoms with Crippen molar-refractivity contribution in [3.8, 4) is 0 Å².